The van der Waals surface area contributed by atoms with Crippen LogP contribution in [0.25, 0.3) is 22.6 Å². The molecule has 3 aromatic heterocycles. The van der Waals surface area contributed by atoms with Gasteiger partial charge in [0.2, 0.25) is 0 Å². The van der Waals surface area contributed by atoms with Crippen molar-refractivity contribution in [2.45, 2.75) is 25.3 Å². The van der Waals surface area contributed by atoms with Crippen molar-refractivity contribution >= 4 is 11.0 Å². The largest absolute Gasteiger partial charge is 0.305 e. The van der Waals surface area contributed by atoms with Crippen molar-refractivity contribution in [3.63, 3.8) is 0 Å². The quantitative estimate of drug-likeness (QED) is 0.605. The lowest BCUT2D eigenvalue weighted by molar-refractivity contribution is 0.589. The van der Waals surface area contributed by atoms with Crippen molar-refractivity contribution in [3.8, 4) is 11.5 Å². The summed E-state index contributed by atoms with van der Waals surface area (Å²) < 4.78 is 15.7. The van der Waals surface area contributed by atoms with Gasteiger partial charge in [-0.25, -0.2) is 19.0 Å². The van der Waals surface area contributed by atoms with Gasteiger partial charge in [0, 0.05) is 23.7 Å². The molecule has 1 aromatic carbocycles. The molecule has 1 aliphatic carbocycles. The number of benzene rings is 1. The molecule has 0 atom stereocenters. The van der Waals surface area contributed by atoms with Crippen LogP contribution in [0.1, 0.15) is 30.0 Å². The molecular formula is C20H16FN5O. The average molecular weight is 361 g/mol. The van der Waals surface area contributed by atoms with Crippen LogP contribution in [0.5, 0.6) is 0 Å². The molecule has 0 unspecified atom stereocenters. The molecule has 1 saturated carbocycles. The van der Waals surface area contributed by atoms with Crippen molar-refractivity contribution < 1.29 is 4.39 Å². The molecule has 0 amide bonds. The van der Waals surface area contributed by atoms with E-state index in [-0.39, 0.29) is 17.9 Å². The van der Waals surface area contributed by atoms with Crippen LogP contribution in [0.15, 0.2) is 53.5 Å². The third-order valence-electron chi connectivity index (χ3n) is 4.77. The van der Waals surface area contributed by atoms with Crippen LogP contribution < -0.4 is 5.56 Å². The minimum atomic E-state index is -0.291. The fourth-order valence-corrected chi connectivity index (χ4v) is 3.26. The van der Waals surface area contributed by atoms with Gasteiger partial charge in [-0.1, -0.05) is 18.2 Å². The van der Waals surface area contributed by atoms with Gasteiger partial charge < -0.3 is 4.98 Å². The van der Waals surface area contributed by atoms with Crippen molar-refractivity contribution in [2.24, 2.45) is 0 Å². The smallest absolute Gasteiger partial charge is 0.251 e. The molecule has 0 radical (unpaired) electrons. The molecule has 0 saturated heterocycles. The van der Waals surface area contributed by atoms with Crippen molar-refractivity contribution in [3.05, 3.63) is 76.1 Å². The van der Waals surface area contributed by atoms with Crippen LogP contribution in [-0.2, 0) is 6.54 Å². The minimum absolute atomic E-state index is 0.192. The molecule has 3 heterocycles. The number of H-pyrrole nitrogens is 1. The number of hydrogen-bond acceptors (Lipinski definition) is 4. The lowest BCUT2D eigenvalue weighted by Gasteiger charge is -2.04. The third kappa shape index (κ3) is 2.91. The monoisotopic (exact) mass is 361 g/mol. The Kier molecular flexibility index (Phi) is 3.60. The molecule has 1 N–H and O–H groups in total. The number of fused-ring (bicyclic) bond motifs is 1. The summed E-state index contributed by atoms with van der Waals surface area (Å²) >= 11 is 0. The number of rotatable bonds is 4. The molecule has 0 spiro atoms. The Morgan fingerprint density at radius 2 is 2.04 bits per heavy atom. The first kappa shape index (κ1) is 15.9. The summed E-state index contributed by atoms with van der Waals surface area (Å²) in [6.07, 6.45) is 3.78. The van der Waals surface area contributed by atoms with E-state index in [1.807, 2.05) is 12.1 Å². The summed E-state index contributed by atoms with van der Waals surface area (Å²) in [5.41, 5.74) is 2.30. The first-order valence-corrected chi connectivity index (χ1v) is 8.85. The summed E-state index contributed by atoms with van der Waals surface area (Å²) in [4.78, 5) is 23.9. The second kappa shape index (κ2) is 6.12. The van der Waals surface area contributed by atoms with E-state index in [4.69, 9.17) is 0 Å². The van der Waals surface area contributed by atoms with Gasteiger partial charge in [0.15, 0.2) is 11.5 Å². The third-order valence-corrected chi connectivity index (χ3v) is 4.77. The van der Waals surface area contributed by atoms with E-state index in [0.29, 0.717) is 28.6 Å². The van der Waals surface area contributed by atoms with Gasteiger partial charge in [0.25, 0.3) is 5.56 Å². The van der Waals surface area contributed by atoms with Crippen LogP contribution in [0.2, 0.25) is 0 Å². The van der Waals surface area contributed by atoms with Crippen molar-refractivity contribution in [1.29, 1.82) is 0 Å². The predicted molar refractivity (Wildman–Crippen MR) is 98.9 cm³/mol. The molecule has 27 heavy (non-hydrogen) atoms. The van der Waals surface area contributed by atoms with Gasteiger partial charge in [0.1, 0.15) is 11.5 Å². The Balaban J connectivity index is 1.66. The highest BCUT2D eigenvalue weighted by molar-refractivity contribution is 5.89. The van der Waals surface area contributed by atoms with Gasteiger partial charge in [-0.05, 0) is 31.0 Å². The van der Waals surface area contributed by atoms with Crippen molar-refractivity contribution in [1.82, 2.24) is 24.7 Å². The molecule has 134 valence electrons. The maximum absolute atomic E-state index is 14.1. The Morgan fingerprint density at radius 1 is 1.19 bits per heavy atom. The zero-order chi connectivity index (χ0) is 18.4. The first-order valence-electron chi connectivity index (χ1n) is 8.85. The molecule has 5 rings (SSSR count). The van der Waals surface area contributed by atoms with Crippen LogP contribution in [0.4, 0.5) is 4.39 Å². The first-order chi connectivity index (χ1) is 13.2. The predicted octanol–water partition coefficient (Wildman–Crippen LogP) is 3.25. The average Bonchev–Trinajstić information content (AvgIpc) is 3.46. The number of aromatic nitrogens is 5. The fraction of sp³-hybridized carbons (Fsp3) is 0.200. The summed E-state index contributed by atoms with van der Waals surface area (Å²) in [6.45, 7) is 0.243. The normalized spacial score (nSPS) is 14.0. The maximum Gasteiger partial charge on any atom is 0.251 e. The number of hydrogen-bond donors (Lipinski definition) is 1. The Morgan fingerprint density at radius 3 is 2.85 bits per heavy atom. The number of pyridine rings is 1. The van der Waals surface area contributed by atoms with E-state index in [0.717, 1.165) is 23.9 Å². The highest BCUT2D eigenvalue weighted by Gasteiger charge is 2.26. The van der Waals surface area contributed by atoms with E-state index in [1.165, 1.54) is 6.07 Å². The molecule has 0 aliphatic heterocycles. The number of nitrogens with one attached hydrogen (secondary N) is 1. The van der Waals surface area contributed by atoms with E-state index >= 15 is 0 Å². The number of halogens is 1. The SMILES string of the molecule is O=c1cc(C2CC2)nc(-c2nn(Cc3ccccc3F)c3ncccc23)[nH]1. The molecule has 0 bridgehead atoms. The zero-order valence-electron chi connectivity index (χ0n) is 14.4. The van der Waals surface area contributed by atoms with Gasteiger partial charge in [-0.3, -0.25) is 4.79 Å². The van der Waals surface area contributed by atoms with Gasteiger partial charge in [0.05, 0.1) is 17.6 Å². The lowest BCUT2D eigenvalue weighted by Crippen LogP contribution is -2.10. The van der Waals surface area contributed by atoms with E-state index in [2.05, 4.69) is 20.1 Å². The summed E-state index contributed by atoms with van der Waals surface area (Å²) in [7, 11) is 0. The molecule has 7 heteroatoms. The summed E-state index contributed by atoms with van der Waals surface area (Å²) in [5, 5.41) is 5.38. The molecule has 1 aliphatic rings. The topological polar surface area (TPSA) is 76.5 Å². The molecule has 4 aromatic rings. The standard InChI is InChI=1S/C20H16FN5O/c21-15-6-2-1-4-13(15)11-26-20-14(5-3-9-22-20)18(25-26)19-23-16(12-7-8-12)10-17(27)24-19/h1-6,9-10,12H,7-8,11H2,(H,23,24,27). The second-order valence-corrected chi connectivity index (χ2v) is 6.77. The van der Waals surface area contributed by atoms with E-state index in [1.54, 1.807) is 35.1 Å². The highest BCUT2D eigenvalue weighted by Crippen LogP contribution is 2.39. The van der Waals surface area contributed by atoms with Crippen LogP contribution in [-0.4, -0.2) is 24.7 Å². The number of aromatic amines is 1. The minimum Gasteiger partial charge on any atom is -0.305 e. The zero-order valence-corrected chi connectivity index (χ0v) is 14.4. The maximum atomic E-state index is 14.1. The van der Waals surface area contributed by atoms with Gasteiger partial charge in [-0.2, -0.15) is 5.10 Å². The second-order valence-electron chi connectivity index (χ2n) is 6.77. The van der Waals surface area contributed by atoms with Crippen LogP contribution in [0.3, 0.4) is 0 Å². The Hall–Kier alpha value is -3.35. The van der Waals surface area contributed by atoms with E-state index < -0.39 is 0 Å². The van der Waals surface area contributed by atoms with Crippen molar-refractivity contribution in [2.75, 3.05) is 0 Å². The molecule has 6 nitrogen and oxygen atoms in total. The van der Waals surface area contributed by atoms with Crippen LogP contribution in [0, 0.1) is 5.82 Å². The summed E-state index contributed by atoms with van der Waals surface area (Å²) in [5.74, 6) is 0.492. The lowest BCUT2D eigenvalue weighted by atomic mass is 10.2. The molecule has 1 fully saturated rings. The summed E-state index contributed by atoms with van der Waals surface area (Å²) in [6, 6.07) is 11.8. The van der Waals surface area contributed by atoms with E-state index in [9.17, 15) is 9.18 Å². The van der Waals surface area contributed by atoms with Gasteiger partial charge in [-0.15, -0.1) is 0 Å². The highest BCUT2D eigenvalue weighted by atomic mass is 19.1. The van der Waals surface area contributed by atoms with Gasteiger partial charge >= 0.3 is 0 Å². The molecular weight excluding hydrogens is 345 g/mol. The number of nitrogens with zero attached hydrogens (tertiary/aromatic N) is 4. The van der Waals surface area contributed by atoms with Crippen LogP contribution >= 0.6 is 0 Å². The fourth-order valence-electron chi connectivity index (χ4n) is 3.26. The Labute approximate surface area is 153 Å². The Bertz CT molecular complexity index is 1210.